The van der Waals surface area contributed by atoms with Crippen molar-refractivity contribution in [1.82, 2.24) is 9.62 Å². The second kappa shape index (κ2) is 5.24. The molecule has 0 unspecified atom stereocenters. The van der Waals surface area contributed by atoms with Crippen LogP contribution in [0.2, 0.25) is 0 Å². The van der Waals surface area contributed by atoms with Gasteiger partial charge in [-0.3, -0.25) is 4.79 Å². The van der Waals surface area contributed by atoms with E-state index >= 15 is 0 Å². The van der Waals surface area contributed by atoms with E-state index < -0.39 is 10.0 Å². The normalized spacial score (nSPS) is 22.8. The number of carbonyl (C=O) groups is 1. The van der Waals surface area contributed by atoms with E-state index in [1.807, 2.05) is 4.90 Å². The first-order valence-electron chi connectivity index (χ1n) is 5.86. The minimum Gasteiger partial charge on any atom is -0.342 e. The van der Waals surface area contributed by atoms with Gasteiger partial charge in [-0.1, -0.05) is 15.9 Å². The molecule has 2 rings (SSSR count). The van der Waals surface area contributed by atoms with E-state index in [9.17, 15) is 13.2 Å². The molecule has 0 spiro atoms. The van der Waals surface area contributed by atoms with E-state index in [0.717, 1.165) is 12.8 Å². The Morgan fingerprint density at radius 3 is 2.29 bits per heavy atom. The minimum atomic E-state index is -3.20. The van der Waals surface area contributed by atoms with E-state index in [4.69, 9.17) is 0 Å². The average molecular weight is 325 g/mol. The van der Waals surface area contributed by atoms with E-state index in [1.54, 1.807) is 0 Å². The smallest absolute Gasteiger partial charge is 0.225 e. The Labute approximate surface area is 110 Å². The highest BCUT2D eigenvalue weighted by atomic mass is 79.9. The molecule has 2 fully saturated rings. The van der Waals surface area contributed by atoms with Crippen LogP contribution in [0.4, 0.5) is 0 Å². The largest absolute Gasteiger partial charge is 0.342 e. The number of carbonyl (C=O) groups excluding carboxylic acids is 1. The van der Waals surface area contributed by atoms with Crippen molar-refractivity contribution in [2.75, 3.05) is 17.8 Å². The van der Waals surface area contributed by atoms with Crippen LogP contribution in [0.1, 0.15) is 25.7 Å². The molecule has 0 atom stereocenters. The number of rotatable bonds is 4. The van der Waals surface area contributed by atoms with Crippen molar-refractivity contribution < 1.29 is 13.2 Å². The van der Waals surface area contributed by atoms with Gasteiger partial charge in [0.25, 0.3) is 0 Å². The summed E-state index contributed by atoms with van der Waals surface area (Å²) in [6, 6.07) is -0.0270. The SMILES string of the molecule is O=C(C1CC1)N1CCC(NS(=O)(=O)CBr)CC1. The fourth-order valence-electron chi connectivity index (χ4n) is 2.09. The van der Waals surface area contributed by atoms with E-state index in [2.05, 4.69) is 20.7 Å². The number of nitrogens with one attached hydrogen (secondary N) is 1. The second-order valence-electron chi connectivity index (χ2n) is 4.72. The summed E-state index contributed by atoms with van der Waals surface area (Å²) in [5.74, 6) is 0.512. The maximum absolute atomic E-state index is 11.8. The first-order valence-corrected chi connectivity index (χ1v) is 8.64. The summed E-state index contributed by atoms with van der Waals surface area (Å²) in [5.41, 5.74) is 0. The number of piperidine rings is 1. The van der Waals surface area contributed by atoms with Crippen molar-refractivity contribution in [2.24, 2.45) is 5.92 Å². The van der Waals surface area contributed by atoms with Gasteiger partial charge in [0, 0.05) is 25.0 Å². The molecule has 1 heterocycles. The van der Waals surface area contributed by atoms with Gasteiger partial charge in [-0.15, -0.1) is 0 Å². The Balaban J connectivity index is 1.79. The van der Waals surface area contributed by atoms with Crippen LogP contribution >= 0.6 is 15.9 Å². The Hall–Kier alpha value is -0.140. The van der Waals surface area contributed by atoms with Crippen molar-refractivity contribution in [3.8, 4) is 0 Å². The standard InChI is InChI=1S/C10H17BrN2O3S/c11-7-17(15,16)12-9-3-5-13(6-4-9)10(14)8-1-2-8/h8-9,12H,1-7H2. The van der Waals surface area contributed by atoms with Crippen LogP contribution < -0.4 is 4.72 Å². The van der Waals surface area contributed by atoms with Gasteiger partial charge < -0.3 is 4.90 Å². The predicted molar refractivity (Wildman–Crippen MR) is 68.2 cm³/mol. The average Bonchev–Trinajstić information content (AvgIpc) is 3.13. The van der Waals surface area contributed by atoms with E-state index in [-0.39, 0.29) is 22.5 Å². The highest BCUT2D eigenvalue weighted by molar-refractivity contribution is 9.10. The number of hydrogen-bond acceptors (Lipinski definition) is 3. The van der Waals surface area contributed by atoms with Gasteiger partial charge in [-0.25, -0.2) is 13.1 Å². The summed E-state index contributed by atoms with van der Waals surface area (Å²) in [6.07, 6.45) is 3.47. The molecule has 2 aliphatic rings. The van der Waals surface area contributed by atoms with Crippen LogP contribution in [0, 0.1) is 5.92 Å². The molecule has 0 aromatic heterocycles. The van der Waals surface area contributed by atoms with Crippen LogP contribution in [0.5, 0.6) is 0 Å². The Morgan fingerprint density at radius 1 is 1.24 bits per heavy atom. The lowest BCUT2D eigenvalue weighted by Crippen LogP contribution is -2.47. The van der Waals surface area contributed by atoms with Crippen molar-refractivity contribution in [1.29, 1.82) is 0 Å². The third kappa shape index (κ3) is 3.66. The molecule has 0 aromatic rings. The lowest BCUT2D eigenvalue weighted by atomic mass is 10.1. The van der Waals surface area contributed by atoms with Gasteiger partial charge in [-0.2, -0.15) is 0 Å². The molecule has 5 nitrogen and oxygen atoms in total. The molecule has 0 radical (unpaired) electrons. The molecule has 7 heteroatoms. The summed E-state index contributed by atoms with van der Waals surface area (Å²) in [6.45, 7) is 1.34. The third-order valence-electron chi connectivity index (χ3n) is 3.22. The summed E-state index contributed by atoms with van der Waals surface area (Å²) in [5, 5.41) is 0. The van der Waals surface area contributed by atoms with E-state index in [1.165, 1.54) is 0 Å². The van der Waals surface area contributed by atoms with Crippen molar-refractivity contribution in [3.63, 3.8) is 0 Å². The number of likely N-dealkylation sites (tertiary alicyclic amines) is 1. The molecule has 98 valence electrons. The predicted octanol–water partition coefficient (Wildman–Crippen LogP) is 0.659. The molecular formula is C10H17BrN2O3S. The summed E-state index contributed by atoms with van der Waals surface area (Å²) in [4.78, 5) is 13.7. The molecule has 0 bridgehead atoms. The monoisotopic (exact) mass is 324 g/mol. The van der Waals surface area contributed by atoms with Gasteiger partial charge in [0.15, 0.2) is 0 Å². The quantitative estimate of drug-likeness (QED) is 0.772. The molecule has 0 aromatic carbocycles. The molecular weight excluding hydrogens is 308 g/mol. The van der Waals surface area contributed by atoms with Crippen LogP contribution in [0.25, 0.3) is 0 Å². The van der Waals surface area contributed by atoms with Crippen LogP contribution in [-0.4, -0.2) is 43.0 Å². The molecule has 1 N–H and O–H groups in total. The number of nitrogens with zero attached hydrogens (tertiary/aromatic N) is 1. The lowest BCUT2D eigenvalue weighted by molar-refractivity contribution is -0.133. The lowest BCUT2D eigenvalue weighted by Gasteiger charge is -2.32. The van der Waals surface area contributed by atoms with Crippen molar-refractivity contribution >= 4 is 31.9 Å². The maximum Gasteiger partial charge on any atom is 0.225 e. The van der Waals surface area contributed by atoms with Crippen LogP contribution in [0.3, 0.4) is 0 Å². The summed E-state index contributed by atoms with van der Waals surface area (Å²) < 4.78 is 25.3. The number of halogens is 1. The zero-order valence-corrected chi connectivity index (χ0v) is 12.0. The Morgan fingerprint density at radius 2 is 1.82 bits per heavy atom. The number of amides is 1. The van der Waals surface area contributed by atoms with Crippen LogP contribution in [-0.2, 0) is 14.8 Å². The molecule has 17 heavy (non-hydrogen) atoms. The second-order valence-corrected chi connectivity index (χ2v) is 7.77. The Kier molecular flexibility index (Phi) is 4.10. The van der Waals surface area contributed by atoms with E-state index in [0.29, 0.717) is 25.9 Å². The number of alkyl halides is 1. The Bertz CT molecular complexity index is 386. The molecule has 1 aliphatic heterocycles. The van der Waals surface area contributed by atoms with Gasteiger partial charge in [0.2, 0.25) is 15.9 Å². The van der Waals surface area contributed by atoms with Gasteiger partial charge in [0.05, 0.1) is 0 Å². The van der Waals surface area contributed by atoms with Crippen molar-refractivity contribution in [3.05, 3.63) is 0 Å². The fraction of sp³-hybridized carbons (Fsp3) is 0.900. The zero-order chi connectivity index (χ0) is 12.5. The highest BCUT2D eigenvalue weighted by Crippen LogP contribution is 2.31. The molecule has 1 saturated heterocycles. The first kappa shape index (κ1) is 13.3. The molecule has 1 aliphatic carbocycles. The highest BCUT2D eigenvalue weighted by Gasteiger charge is 2.35. The number of hydrogen-bond donors (Lipinski definition) is 1. The summed E-state index contributed by atoms with van der Waals surface area (Å²) in [7, 11) is -3.20. The fourth-order valence-corrected chi connectivity index (χ4v) is 3.29. The third-order valence-corrected chi connectivity index (χ3v) is 6.01. The van der Waals surface area contributed by atoms with Gasteiger partial charge in [-0.05, 0) is 25.7 Å². The van der Waals surface area contributed by atoms with Crippen LogP contribution in [0.15, 0.2) is 0 Å². The topological polar surface area (TPSA) is 66.5 Å². The number of sulfonamides is 1. The molecule has 1 amide bonds. The zero-order valence-electron chi connectivity index (χ0n) is 9.56. The van der Waals surface area contributed by atoms with Gasteiger partial charge >= 0.3 is 0 Å². The van der Waals surface area contributed by atoms with Gasteiger partial charge in [0.1, 0.15) is 4.66 Å². The maximum atomic E-state index is 11.8. The summed E-state index contributed by atoms with van der Waals surface area (Å²) >= 11 is 2.95. The van der Waals surface area contributed by atoms with Crippen molar-refractivity contribution in [2.45, 2.75) is 31.7 Å². The molecule has 1 saturated carbocycles. The minimum absolute atomic E-state index is 0.0270. The first-order chi connectivity index (χ1) is 8.02.